The average molecular weight is 552 g/mol. The van der Waals surface area contributed by atoms with Gasteiger partial charge in [0, 0.05) is 26.6 Å². The second-order valence-electron chi connectivity index (χ2n) is 6.83. The minimum Gasteiger partial charge on any atom is -0.387 e. The summed E-state index contributed by atoms with van der Waals surface area (Å²) in [6, 6.07) is 0. The molecule has 2 aliphatic rings. The third kappa shape index (κ3) is 11.9. The van der Waals surface area contributed by atoms with Crippen LogP contribution in [0.5, 0.6) is 0 Å². The Labute approximate surface area is 190 Å². The number of nitrogens with two attached hydrogens (primary N) is 2. The van der Waals surface area contributed by atoms with Gasteiger partial charge in [0.15, 0.2) is 0 Å². The summed E-state index contributed by atoms with van der Waals surface area (Å²) in [6.45, 7) is 1.26. The Morgan fingerprint density at radius 3 is 1.65 bits per heavy atom. The number of hydrogen-bond acceptors (Lipinski definition) is 9. The van der Waals surface area contributed by atoms with Gasteiger partial charge in [-0.1, -0.05) is 0 Å². The van der Waals surface area contributed by atoms with Crippen molar-refractivity contribution in [2.24, 2.45) is 10.3 Å². The number of halogens is 6. The lowest BCUT2D eigenvalue weighted by Gasteiger charge is -2.17. The summed E-state index contributed by atoms with van der Waals surface area (Å²) >= 11 is 0. The van der Waals surface area contributed by atoms with Crippen LogP contribution in [-0.2, 0) is 39.2 Å². The van der Waals surface area contributed by atoms with Crippen molar-refractivity contribution in [2.45, 2.75) is 42.6 Å². The molecule has 2 atom stereocenters. The van der Waals surface area contributed by atoms with Crippen LogP contribution in [0, 0.1) is 0 Å². The van der Waals surface area contributed by atoms with E-state index in [4.69, 9.17) is 10.3 Å². The first-order valence-electron chi connectivity index (χ1n) is 8.96. The van der Waals surface area contributed by atoms with Gasteiger partial charge < -0.3 is 15.0 Å². The average Bonchev–Trinajstić information content (AvgIpc) is 3.31. The summed E-state index contributed by atoms with van der Waals surface area (Å²) in [5.74, 6) is -5.78. The van der Waals surface area contributed by atoms with Crippen LogP contribution in [0.4, 0.5) is 26.3 Å². The number of carbonyl (C=O) groups excluding carboxylic acids is 3. The Morgan fingerprint density at radius 1 is 0.912 bits per heavy atom. The molecular weight excluding hydrogens is 530 g/mol. The number of hydrogen-bond donors (Lipinski definition) is 3. The summed E-state index contributed by atoms with van der Waals surface area (Å²) < 4.78 is 115. The van der Waals surface area contributed by atoms with E-state index in [0.29, 0.717) is 24.8 Å². The highest BCUT2D eigenvalue weighted by Gasteiger charge is 2.46. The quantitative estimate of drug-likeness (QED) is 0.212. The molecule has 20 heteroatoms. The maximum Gasteiger partial charge on any atom is 0.491 e. The third-order valence-corrected chi connectivity index (χ3v) is 6.73. The van der Waals surface area contributed by atoms with Gasteiger partial charge in [0.2, 0.25) is 20.0 Å². The van der Waals surface area contributed by atoms with E-state index in [1.807, 2.05) is 0 Å². The van der Waals surface area contributed by atoms with Gasteiger partial charge in [-0.05, 0) is 19.4 Å². The largest absolute Gasteiger partial charge is 0.491 e. The van der Waals surface area contributed by atoms with Gasteiger partial charge in [-0.25, -0.2) is 31.9 Å². The van der Waals surface area contributed by atoms with Crippen molar-refractivity contribution in [2.75, 3.05) is 26.2 Å². The SMILES string of the molecule is CC(=O)OC(=O)C(F)(F)F.NS(=O)(=O)C1CCN(C(=O)C(F)(F)F)C1.NS(=O)(=O)C1CCNC1. The Balaban J connectivity index is 0.000000503. The van der Waals surface area contributed by atoms with Crippen LogP contribution >= 0.6 is 0 Å². The first-order valence-corrected chi connectivity index (χ1v) is 12.2. The van der Waals surface area contributed by atoms with Gasteiger partial charge in [-0.3, -0.25) is 9.59 Å². The molecule has 0 aliphatic carbocycles. The standard InChI is InChI=1S/C6H9F3N2O3S.C4H3F3O3.C4H10N2O2S/c7-6(8,9)5(12)11-2-1-4(3-11)15(10,13)14;1-2(8)10-3(9)4(5,6)7;5-9(7,8)4-1-2-6-3-4/h4H,1-3H2,(H2,10,13,14);1H3;4,6H,1-3H2,(H2,5,7,8). The molecule has 0 radical (unpaired) electrons. The maximum absolute atomic E-state index is 12.0. The maximum atomic E-state index is 12.0. The number of rotatable bonds is 2. The van der Waals surface area contributed by atoms with Crippen LogP contribution in [0.1, 0.15) is 19.8 Å². The van der Waals surface area contributed by atoms with E-state index in [9.17, 15) is 57.6 Å². The lowest BCUT2D eigenvalue weighted by Crippen LogP contribution is -2.41. The third-order valence-electron chi connectivity index (χ3n) is 4.09. The molecule has 34 heavy (non-hydrogen) atoms. The van der Waals surface area contributed by atoms with E-state index in [1.54, 1.807) is 0 Å². The zero-order valence-electron chi connectivity index (χ0n) is 17.3. The van der Waals surface area contributed by atoms with E-state index in [1.165, 1.54) is 0 Å². The molecule has 1 amide bonds. The number of alkyl halides is 6. The van der Waals surface area contributed by atoms with Crippen LogP contribution in [0.3, 0.4) is 0 Å². The number of nitrogens with zero attached hydrogens (tertiary/aromatic N) is 1. The van der Waals surface area contributed by atoms with Crippen molar-refractivity contribution in [3.63, 3.8) is 0 Å². The molecule has 0 aromatic heterocycles. The molecule has 0 aromatic carbocycles. The molecule has 0 spiro atoms. The Bertz CT molecular complexity index is 946. The molecule has 2 saturated heterocycles. The number of amides is 1. The molecule has 200 valence electrons. The number of esters is 2. The van der Waals surface area contributed by atoms with Crippen LogP contribution in [0.2, 0.25) is 0 Å². The second kappa shape index (κ2) is 12.1. The molecule has 12 nitrogen and oxygen atoms in total. The molecule has 0 bridgehead atoms. The molecule has 2 rings (SSSR count). The van der Waals surface area contributed by atoms with Gasteiger partial charge >= 0.3 is 30.2 Å². The van der Waals surface area contributed by atoms with Crippen LogP contribution in [0.25, 0.3) is 0 Å². The number of ether oxygens (including phenoxy) is 1. The van der Waals surface area contributed by atoms with Gasteiger partial charge in [0.1, 0.15) is 0 Å². The van der Waals surface area contributed by atoms with Gasteiger partial charge in [0.05, 0.1) is 10.5 Å². The summed E-state index contributed by atoms with van der Waals surface area (Å²) in [7, 11) is -7.14. The summed E-state index contributed by atoms with van der Waals surface area (Å²) in [5, 5.41) is 11.1. The van der Waals surface area contributed by atoms with E-state index < -0.39 is 62.0 Å². The zero-order valence-corrected chi connectivity index (χ0v) is 19.0. The number of carbonyl (C=O) groups is 3. The minimum absolute atomic E-state index is 0.0549. The summed E-state index contributed by atoms with van der Waals surface area (Å²) in [4.78, 5) is 30.6. The lowest BCUT2D eigenvalue weighted by molar-refractivity contribution is -0.201. The van der Waals surface area contributed by atoms with Crippen LogP contribution in [0.15, 0.2) is 0 Å². The summed E-state index contributed by atoms with van der Waals surface area (Å²) in [5.41, 5.74) is 0. The fraction of sp³-hybridized carbons (Fsp3) is 0.786. The van der Waals surface area contributed by atoms with E-state index in [0.717, 1.165) is 6.54 Å². The molecular formula is C14H22F6N4O8S2. The number of sulfonamides is 2. The van der Waals surface area contributed by atoms with Gasteiger partial charge in [-0.15, -0.1) is 0 Å². The minimum atomic E-state index is -5.09. The number of likely N-dealkylation sites (tertiary alicyclic amines) is 1. The van der Waals surface area contributed by atoms with E-state index in [-0.39, 0.29) is 18.2 Å². The Morgan fingerprint density at radius 2 is 1.41 bits per heavy atom. The van der Waals surface area contributed by atoms with Crippen LogP contribution < -0.4 is 15.6 Å². The summed E-state index contributed by atoms with van der Waals surface area (Å²) in [6.07, 6.45) is -9.46. The van der Waals surface area contributed by atoms with Crippen molar-refractivity contribution < 1.29 is 62.3 Å². The molecule has 0 aromatic rings. The van der Waals surface area contributed by atoms with E-state index in [2.05, 4.69) is 10.1 Å². The first kappa shape index (κ1) is 32.0. The molecule has 2 heterocycles. The molecule has 0 saturated carbocycles. The molecule has 5 N–H and O–H groups in total. The predicted molar refractivity (Wildman–Crippen MR) is 101 cm³/mol. The van der Waals surface area contributed by atoms with Crippen molar-refractivity contribution in [3.05, 3.63) is 0 Å². The van der Waals surface area contributed by atoms with Crippen LogP contribution in [-0.4, -0.2) is 88.6 Å². The fourth-order valence-electron chi connectivity index (χ4n) is 2.46. The van der Waals surface area contributed by atoms with E-state index >= 15 is 0 Å². The molecule has 2 unspecified atom stereocenters. The topological polar surface area (TPSA) is 196 Å². The highest BCUT2D eigenvalue weighted by molar-refractivity contribution is 7.90. The van der Waals surface area contributed by atoms with Gasteiger partial charge in [-0.2, -0.15) is 26.3 Å². The smallest absolute Gasteiger partial charge is 0.387 e. The van der Waals surface area contributed by atoms with Crippen molar-refractivity contribution >= 4 is 37.9 Å². The molecule has 2 fully saturated rings. The first-order chi connectivity index (χ1) is 15.1. The lowest BCUT2D eigenvalue weighted by atomic mass is 10.4. The number of primary sulfonamides is 2. The monoisotopic (exact) mass is 552 g/mol. The normalized spacial score (nSPS) is 21.0. The second-order valence-corrected chi connectivity index (χ2v) is 10.5. The van der Waals surface area contributed by atoms with Crippen molar-refractivity contribution in [1.82, 2.24) is 10.2 Å². The number of nitrogens with one attached hydrogen (secondary N) is 1. The molecule has 2 aliphatic heterocycles. The van der Waals surface area contributed by atoms with Crippen molar-refractivity contribution in [1.29, 1.82) is 0 Å². The Kier molecular flexibility index (Phi) is 11.4. The highest BCUT2D eigenvalue weighted by atomic mass is 32.2. The Hall–Kier alpha value is -2.03. The van der Waals surface area contributed by atoms with Crippen molar-refractivity contribution in [3.8, 4) is 0 Å². The highest BCUT2D eigenvalue weighted by Crippen LogP contribution is 2.23. The van der Waals surface area contributed by atoms with Gasteiger partial charge in [0.25, 0.3) is 0 Å². The predicted octanol–water partition coefficient (Wildman–Crippen LogP) is -1.29. The fourth-order valence-corrected chi connectivity index (χ4v) is 4.08. The zero-order chi connectivity index (χ0) is 27.1.